The van der Waals surface area contributed by atoms with Gasteiger partial charge in [0.2, 0.25) is 0 Å². The Hall–Kier alpha value is -4.91. The summed E-state index contributed by atoms with van der Waals surface area (Å²) in [5, 5.41) is 9.28. The number of nitrogens with one attached hydrogen (secondary N) is 1. The van der Waals surface area contributed by atoms with Crippen molar-refractivity contribution < 1.29 is 27.4 Å². The van der Waals surface area contributed by atoms with E-state index in [1.807, 2.05) is 53.3 Å². The number of ether oxygens (including phenoxy) is 2. The van der Waals surface area contributed by atoms with E-state index < -0.39 is 12.4 Å². The number of benzene rings is 3. The Kier molecular flexibility index (Phi) is 8.44. The number of halogens is 3. The zero-order chi connectivity index (χ0) is 31.6. The Labute approximate surface area is 260 Å². The van der Waals surface area contributed by atoms with Crippen LogP contribution in [-0.2, 0) is 6.54 Å². The monoisotopic (exact) mass is 634 g/mol. The van der Waals surface area contributed by atoms with Gasteiger partial charge < -0.3 is 14.8 Å². The van der Waals surface area contributed by atoms with Crippen molar-refractivity contribution >= 4 is 17.4 Å². The molecule has 1 aliphatic carbocycles. The van der Waals surface area contributed by atoms with E-state index in [9.17, 15) is 18.0 Å². The maximum absolute atomic E-state index is 12.9. The van der Waals surface area contributed by atoms with Crippen LogP contribution in [0.1, 0.15) is 42.0 Å². The third kappa shape index (κ3) is 6.93. The van der Waals surface area contributed by atoms with Gasteiger partial charge in [-0.3, -0.25) is 4.57 Å². The van der Waals surface area contributed by atoms with Gasteiger partial charge in [-0.25, -0.2) is 14.5 Å². The summed E-state index contributed by atoms with van der Waals surface area (Å²) in [5.74, 6) is 1.36. The molecule has 0 spiro atoms. The number of aromatic nitrogens is 4. The fourth-order valence-electron chi connectivity index (χ4n) is 5.07. The molecule has 0 saturated heterocycles. The number of aryl methyl sites for hydroxylation is 1. The molecule has 6 rings (SSSR count). The van der Waals surface area contributed by atoms with E-state index in [1.165, 1.54) is 58.6 Å². The highest BCUT2D eigenvalue weighted by molar-refractivity contribution is 7.07. The van der Waals surface area contributed by atoms with Crippen LogP contribution in [0.2, 0.25) is 0 Å². The van der Waals surface area contributed by atoms with Crippen molar-refractivity contribution in [2.45, 2.75) is 45.0 Å². The van der Waals surface area contributed by atoms with Crippen LogP contribution in [0, 0.1) is 6.92 Å². The maximum atomic E-state index is 12.9. The summed E-state index contributed by atoms with van der Waals surface area (Å²) in [4.78, 5) is 22.2. The molecular formula is C32H29F3N6O3S. The number of hydrogen-bond acceptors (Lipinski definition) is 6. The average molecular weight is 635 g/mol. The van der Waals surface area contributed by atoms with Crippen molar-refractivity contribution in [3.63, 3.8) is 0 Å². The Bertz CT molecular complexity index is 1870. The Morgan fingerprint density at radius 2 is 1.80 bits per heavy atom. The highest BCUT2D eigenvalue weighted by Crippen LogP contribution is 2.40. The predicted molar refractivity (Wildman–Crippen MR) is 163 cm³/mol. The molecule has 2 heterocycles. The third-order valence-corrected chi connectivity index (χ3v) is 8.53. The Balaban J connectivity index is 1.12. The first-order valence-corrected chi connectivity index (χ1v) is 15.1. The van der Waals surface area contributed by atoms with Gasteiger partial charge in [0.15, 0.2) is 10.6 Å². The zero-order valence-corrected chi connectivity index (χ0v) is 25.2. The van der Waals surface area contributed by atoms with Gasteiger partial charge in [-0.15, -0.1) is 29.6 Å². The summed E-state index contributed by atoms with van der Waals surface area (Å²) in [6.07, 6.45) is 0.221. The second kappa shape index (κ2) is 12.6. The molecule has 1 N–H and O–H groups in total. The SMILES string of the molecule is COc1ccc(C2CCC2)c(-n2c(C)csc2=NC(=O)NCc2ccc(-c3ncn(-c4ccc(OC(F)(F)F)cc4)n3)cc2)c1. The minimum Gasteiger partial charge on any atom is -0.497 e. The van der Waals surface area contributed by atoms with Gasteiger partial charge in [0.25, 0.3) is 0 Å². The third-order valence-electron chi connectivity index (χ3n) is 7.58. The number of rotatable bonds is 8. The van der Waals surface area contributed by atoms with Gasteiger partial charge in [0, 0.05) is 29.2 Å². The molecule has 0 bridgehead atoms. The Morgan fingerprint density at radius 1 is 1.07 bits per heavy atom. The summed E-state index contributed by atoms with van der Waals surface area (Å²) in [6, 6.07) is 18.4. The van der Waals surface area contributed by atoms with Gasteiger partial charge in [0.05, 0.1) is 18.5 Å². The van der Waals surface area contributed by atoms with Gasteiger partial charge >= 0.3 is 12.4 Å². The van der Waals surface area contributed by atoms with E-state index in [-0.39, 0.29) is 12.3 Å². The summed E-state index contributed by atoms with van der Waals surface area (Å²) in [6.45, 7) is 2.27. The average Bonchev–Trinajstić information content (AvgIpc) is 3.62. The number of amides is 2. The molecule has 0 atom stereocenters. The van der Waals surface area contributed by atoms with Crippen LogP contribution in [0.5, 0.6) is 11.5 Å². The fourth-order valence-corrected chi connectivity index (χ4v) is 5.93. The molecule has 0 unspecified atom stereocenters. The van der Waals surface area contributed by atoms with Gasteiger partial charge in [-0.05, 0) is 67.1 Å². The molecule has 45 heavy (non-hydrogen) atoms. The topological polar surface area (TPSA) is 95.6 Å². The molecule has 2 amide bonds. The maximum Gasteiger partial charge on any atom is 0.573 e. The number of methoxy groups -OCH3 is 1. The van der Waals surface area contributed by atoms with Crippen LogP contribution in [0.3, 0.4) is 0 Å². The van der Waals surface area contributed by atoms with Gasteiger partial charge in [-0.1, -0.05) is 36.8 Å². The van der Waals surface area contributed by atoms with Crippen LogP contribution in [0.4, 0.5) is 18.0 Å². The van der Waals surface area contributed by atoms with Crippen molar-refractivity contribution in [3.8, 4) is 34.3 Å². The van der Waals surface area contributed by atoms with Crippen LogP contribution in [0.15, 0.2) is 83.4 Å². The van der Waals surface area contributed by atoms with E-state index in [0.717, 1.165) is 41.1 Å². The summed E-state index contributed by atoms with van der Waals surface area (Å²) >= 11 is 1.41. The standard InChI is InChI=1S/C32H29F3N6O3S/c1-20-18-45-31(41(20)28-16-26(43-2)14-15-27(28)22-4-3-5-22)38-30(42)36-17-21-6-8-23(9-7-21)29-37-19-40(39-29)24-10-12-25(13-11-24)44-32(33,34)35/h6-16,18-19,22H,3-5,17H2,1-2H3,(H,36,42). The molecule has 2 aromatic heterocycles. The number of urea groups is 1. The Morgan fingerprint density at radius 3 is 2.47 bits per heavy atom. The fraction of sp³-hybridized carbons (Fsp3) is 0.250. The molecule has 1 aliphatic rings. The molecular weight excluding hydrogens is 605 g/mol. The molecule has 0 radical (unpaired) electrons. The summed E-state index contributed by atoms with van der Waals surface area (Å²) < 4.78 is 50.2. The van der Waals surface area contributed by atoms with E-state index in [4.69, 9.17) is 4.74 Å². The first-order chi connectivity index (χ1) is 21.7. The molecule has 13 heteroatoms. The van der Waals surface area contributed by atoms with E-state index in [1.54, 1.807) is 7.11 Å². The number of thiazole rings is 1. The number of nitrogens with zero attached hydrogens (tertiary/aromatic N) is 5. The van der Waals surface area contributed by atoms with Crippen molar-refractivity contribution in [3.05, 3.63) is 100 Å². The lowest BCUT2D eigenvalue weighted by atomic mass is 9.79. The highest BCUT2D eigenvalue weighted by Gasteiger charge is 2.31. The molecule has 9 nitrogen and oxygen atoms in total. The minimum absolute atomic E-state index is 0.271. The first-order valence-electron chi connectivity index (χ1n) is 14.2. The van der Waals surface area contributed by atoms with E-state index in [2.05, 4.69) is 31.2 Å². The smallest absolute Gasteiger partial charge is 0.497 e. The molecule has 5 aromatic rings. The molecule has 0 aliphatic heterocycles. The normalized spacial score (nSPS) is 13.8. The number of alkyl halides is 3. The minimum atomic E-state index is -4.76. The van der Waals surface area contributed by atoms with E-state index in [0.29, 0.717) is 22.2 Å². The van der Waals surface area contributed by atoms with Crippen molar-refractivity contribution in [1.29, 1.82) is 0 Å². The highest BCUT2D eigenvalue weighted by atomic mass is 32.1. The van der Waals surface area contributed by atoms with E-state index >= 15 is 0 Å². The van der Waals surface area contributed by atoms with Crippen LogP contribution >= 0.6 is 11.3 Å². The van der Waals surface area contributed by atoms with Gasteiger partial charge in [-0.2, -0.15) is 4.99 Å². The predicted octanol–water partition coefficient (Wildman–Crippen LogP) is 7.08. The van der Waals surface area contributed by atoms with Crippen LogP contribution in [0.25, 0.3) is 22.8 Å². The molecule has 232 valence electrons. The van der Waals surface area contributed by atoms with Crippen LogP contribution in [-0.4, -0.2) is 38.8 Å². The molecule has 1 fully saturated rings. The molecule has 3 aromatic carbocycles. The summed E-state index contributed by atoms with van der Waals surface area (Å²) in [5.41, 5.74) is 5.33. The number of carbonyl (C=O) groups is 1. The zero-order valence-electron chi connectivity index (χ0n) is 24.4. The number of hydrogen-bond donors (Lipinski definition) is 1. The lowest BCUT2D eigenvalue weighted by Gasteiger charge is -2.28. The summed E-state index contributed by atoms with van der Waals surface area (Å²) in [7, 11) is 1.64. The van der Waals surface area contributed by atoms with Crippen molar-refractivity contribution in [2.75, 3.05) is 7.11 Å². The second-order valence-corrected chi connectivity index (χ2v) is 11.4. The van der Waals surface area contributed by atoms with Gasteiger partial charge in [0.1, 0.15) is 17.8 Å². The number of carbonyl (C=O) groups excluding carboxylic acids is 1. The van der Waals surface area contributed by atoms with Crippen LogP contribution < -0.4 is 19.6 Å². The lowest BCUT2D eigenvalue weighted by molar-refractivity contribution is -0.274. The van der Waals surface area contributed by atoms with Crippen molar-refractivity contribution in [2.24, 2.45) is 4.99 Å². The largest absolute Gasteiger partial charge is 0.573 e. The second-order valence-electron chi connectivity index (χ2n) is 10.6. The first kappa shape index (κ1) is 30.1. The molecule has 1 saturated carbocycles. The quantitative estimate of drug-likeness (QED) is 0.197. The lowest BCUT2D eigenvalue weighted by Crippen LogP contribution is -2.25. The van der Waals surface area contributed by atoms with Crippen molar-refractivity contribution in [1.82, 2.24) is 24.6 Å².